The molecule has 0 spiro atoms. The lowest BCUT2D eigenvalue weighted by Gasteiger charge is -2.34. The highest BCUT2D eigenvalue weighted by atomic mass is 35.5. The van der Waals surface area contributed by atoms with Crippen molar-refractivity contribution in [2.45, 2.75) is 32.4 Å². The molecule has 16 heavy (non-hydrogen) atoms. The Kier molecular flexibility index (Phi) is 3.72. The molecule has 1 fully saturated rings. The second-order valence-corrected chi connectivity index (χ2v) is 5.01. The van der Waals surface area contributed by atoms with Crippen LogP contribution in [0.15, 0.2) is 24.3 Å². The van der Waals surface area contributed by atoms with Crippen molar-refractivity contribution >= 4 is 17.3 Å². The molecule has 1 aromatic carbocycles. The Bertz CT molecular complexity index is 324. The molecule has 1 aromatic rings. The third-order valence-corrected chi connectivity index (χ3v) is 3.51. The molecule has 0 amide bonds. The standard InChI is InChI=1S/C13H19ClN2/c1-10-7-8-15-9-11(2)16(10)13-5-3-12(14)4-6-13/h3-6,10-11,15H,7-9H2,1-2H3. The lowest BCUT2D eigenvalue weighted by molar-refractivity contribution is 0.575. The van der Waals surface area contributed by atoms with E-state index in [1.165, 1.54) is 12.1 Å². The van der Waals surface area contributed by atoms with Gasteiger partial charge in [0.05, 0.1) is 0 Å². The number of benzene rings is 1. The molecule has 2 nitrogen and oxygen atoms in total. The summed E-state index contributed by atoms with van der Waals surface area (Å²) in [5, 5.41) is 4.27. The molecule has 2 unspecified atom stereocenters. The van der Waals surface area contributed by atoms with Gasteiger partial charge in [-0.05, 0) is 51.1 Å². The van der Waals surface area contributed by atoms with Gasteiger partial charge < -0.3 is 10.2 Å². The number of nitrogens with zero attached hydrogens (tertiary/aromatic N) is 1. The fourth-order valence-electron chi connectivity index (χ4n) is 2.42. The molecular weight excluding hydrogens is 220 g/mol. The maximum absolute atomic E-state index is 5.92. The van der Waals surface area contributed by atoms with Crippen molar-refractivity contribution in [2.24, 2.45) is 0 Å². The number of hydrogen-bond acceptors (Lipinski definition) is 2. The molecule has 1 N–H and O–H groups in total. The minimum atomic E-state index is 0.527. The Hall–Kier alpha value is -0.730. The molecule has 2 atom stereocenters. The van der Waals surface area contributed by atoms with Gasteiger partial charge in [-0.1, -0.05) is 11.6 Å². The zero-order chi connectivity index (χ0) is 11.5. The van der Waals surface area contributed by atoms with Crippen LogP contribution in [0.3, 0.4) is 0 Å². The Morgan fingerprint density at radius 1 is 1.19 bits per heavy atom. The monoisotopic (exact) mass is 238 g/mol. The van der Waals surface area contributed by atoms with Gasteiger partial charge in [0.1, 0.15) is 0 Å². The molecule has 1 aliphatic heterocycles. The van der Waals surface area contributed by atoms with Crippen LogP contribution in [0.25, 0.3) is 0 Å². The van der Waals surface area contributed by atoms with E-state index in [-0.39, 0.29) is 0 Å². The van der Waals surface area contributed by atoms with E-state index >= 15 is 0 Å². The Labute approximate surface area is 103 Å². The van der Waals surface area contributed by atoms with E-state index in [0.717, 1.165) is 18.1 Å². The predicted molar refractivity (Wildman–Crippen MR) is 70.3 cm³/mol. The van der Waals surface area contributed by atoms with E-state index in [9.17, 15) is 0 Å². The van der Waals surface area contributed by atoms with Crippen molar-refractivity contribution in [1.29, 1.82) is 0 Å². The summed E-state index contributed by atoms with van der Waals surface area (Å²) in [5.74, 6) is 0. The van der Waals surface area contributed by atoms with Gasteiger partial charge in [-0.2, -0.15) is 0 Å². The SMILES string of the molecule is CC1CCNCC(C)N1c1ccc(Cl)cc1. The molecule has 1 aliphatic rings. The van der Waals surface area contributed by atoms with Crippen LogP contribution >= 0.6 is 11.6 Å². The van der Waals surface area contributed by atoms with Crippen molar-refractivity contribution in [1.82, 2.24) is 5.32 Å². The predicted octanol–water partition coefficient (Wildman–Crippen LogP) is 2.92. The molecule has 1 heterocycles. The van der Waals surface area contributed by atoms with Crippen LogP contribution in [0.1, 0.15) is 20.3 Å². The molecule has 0 aromatic heterocycles. The number of rotatable bonds is 1. The van der Waals surface area contributed by atoms with Crippen LogP contribution in [-0.4, -0.2) is 25.2 Å². The van der Waals surface area contributed by atoms with Gasteiger partial charge in [0.25, 0.3) is 0 Å². The Morgan fingerprint density at radius 2 is 1.88 bits per heavy atom. The summed E-state index contributed by atoms with van der Waals surface area (Å²) in [6.07, 6.45) is 1.19. The Balaban J connectivity index is 2.24. The highest BCUT2D eigenvalue weighted by Crippen LogP contribution is 2.24. The summed E-state index contributed by atoms with van der Waals surface area (Å²) in [5.41, 5.74) is 1.27. The maximum Gasteiger partial charge on any atom is 0.0407 e. The minimum Gasteiger partial charge on any atom is -0.365 e. The summed E-state index contributed by atoms with van der Waals surface area (Å²) in [7, 11) is 0. The zero-order valence-electron chi connectivity index (χ0n) is 9.91. The van der Waals surface area contributed by atoms with E-state index in [4.69, 9.17) is 11.6 Å². The molecule has 88 valence electrons. The molecule has 3 heteroatoms. The molecule has 0 bridgehead atoms. The van der Waals surface area contributed by atoms with E-state index in [1.54, 1.807) is 0 Å². The third-order valence-electron chi connectivity index (χ3n) is 3.25. The first kappa shape index (κ1) is 11.7. The third kappa shape index (κ3) is 2.50. The van der Waals surface area contributed by atoms with Crippen molar-refractivity contribution in [3.63, 3.8) is 0 Å². The fourth-order valence-corrected chi connectivity index (χ4v) is 2.54. The second kappa shape index (κ2) is 5.07. The van der Waals surface area contributed by atoms with E-state index < -0.39 is 0 Å². The van der Waals surface area contributed by atoms with E-state index in [2.05, 4.69) is 36.2 Å². The molecule has 0 saturated carbocycles. The van der Waals surface area contributed by atoms with Gasteiger partial charge in [-0.15, -0.1) is 0 Å². The lowest BCUT2D eigenvalue weighted by atomic mass is 10.1. The Morgan fingerprint density at radius 3 is 2.56 bits per heavy atom. The average molecular weight is 239 g/mol. The van der Waals surface area contributed by atoms with Crippen molar-refractivity contribution < 1.29 is 0 Å². The first-order valence-corrected chi connectivity index (χ1v) is 6.31. The van der Waals surface area contributed by atoms with E-state index in [0.29, 0.717) is 12.1 Å². The van der Waals surface area contributed by atoms with Crippen LogP contribution in [-0.2, 0) is 0 Å². The van der Waals surface area contributed by atoms with Crippen LogP contribution in [0.4, 0.5) is 5.69 Å². The number of nitrogens with one attached hydrogen (secondary N) is 1. The molecule has 2 rings (SSSR count). The maximum atomic E-state index is 5.92. The van der Waals surface area contributed by atoms with Gasteiger partial charge in [0, 0.05) is 29.3 Å². The summed E-state index contributed by atoms with van der Waals surface area (Å²) in [4.78, 5) is 2.48. The quantitative estimate of drug-likeness (QED) is 0.810. The number of anilines is 1. The van der Waals surface area contributed by atoms with Gasteiger partial charge in [0.2, 0.25) is 0 Å². The highest BCUT2D eigenvalue weighted by molar-refractivity contribution is 6.30. The largest absolute Gasteiger partial charge is 0.365 e. The van der Waals surface area contributed by atoms with Crippen LogP contribution in [0.5, 0.6) is 0 Å². The van der Waals surface area contributed by atoms with Crippen LogP contribution in [0, 0.1) is 0 Å². The van der Waals surface area contributed by atoms with Crippen LogP contribution in [0.2, 0.25) is 5.02 Å². The van der Waals surface area contributed by atoms with Gasteiger partial charge in [-0.3, -0.25) is 0 Å². The summed E-state index contributed by atoms with van der Waals surface area (Å²) in [6.45, 7) is 6.71. The summed E-state index contributed by atoms with van der Waals surface area (Å²) in [6, 6.07) is 9.26. The first-order chi connectivity index (χ1) is 7.68. The minimum absolute atomic E-state index is 0.527. The molecule has 0 aliphatic carbocycles. The topological polar surface area (TPSA) is 15.3 Å². The van der Waals surface area contributed by atoms with E-state index in [1.807, 2.05) is 12.1 Å². The van der Waals surface area contributed by atoms with Crippen molar-refractivity contribution in [3.8, 4) is 0 Å². The second-order valence-electron chi connectivity index (χ2n) is 4.57. The zero-order valence-corrected chi connectivity index (χ0v) is 10.7. The number of hydrogen-bond donors (Lipinski definition) is 1. The summed E-state index contributed by atoms with van der Waals surface area (Å²) < 4.78 is 0. The fraction of sp³-hybridized carbons (Fsp3) is 0.538. The molecule has 1 saturated heterocycles. The van der Waals surface area contributed by atoms with Gasteiger partial charge in [-0.25, -0.2) is 0 Å². The smallest absolute Gasteiger partial charge is 0.0407 e. The first-order valence-electron chi connectivity index (χ1n) is 5.93. The molecule has 0 radical (unpaired) electrons. The molecular formula is C13H19ClN2. The highest BCUT2D eigenvalue weighted by Gasteiger charge is 2.22. The van der Waals surface area contributed by atoms with Gasteiger partial charge >= 0.3 is 0 Å². The van der Waals surface area contributed by atoms with Crippen molar-refractivity contribution in [3.05, 3.63) is 29.3 Å². The lowest BCUT2D eigenvalue weighted by Crippen LogP contribution is -2.41. The van der Waals surface area contributed by atoms with Gasteiger partial charge in [0.15, 0.2) is 0 Å². The van der Waals surface area contributed by atoms with Crippen molar-refractivity contribution in [2.75, 3.05) is 18.0 Å². The normalized spacial score (nSPS) is 26.6. The van der Waals surface area contributed by atoms with Crippen LogP contribution < -0.4 is 10.2 Å². The number of halogens is 1. The average Bonchev–Trinajstić information content (AvgIpc) is 2.42. The summed E-state index contributed by atoms with van der Waals surface area (Å²) >= 11 is 5.92.